The fraction of sp³-hybridized carbons (Fsp3) is 0.316. The molecule has 0 bridgehead atoms. The van der Waals surface area contributed by atoms with Crippen LogP contribution in [0.25, 0.3) is 21.8 Å². The maximum absolute atomic E-state index is 12.6. The summed E-state index contributed by atoms with van der Waals surface area (Å²) < 4.78 is 2.30. The van der Waals surface area contributed by atoms with Crippen molar-refractivity contribution >= 4 is 27.7 Å². The number of hydrogen-bond acceptors (Lipinski definition) is 1. The molecule has 0 unspecified atom stereocenters. The number of amides is 1. The van der Waals surface area contributed by atoms with Gasteiger partial charge in [0.25, 0.3) is 5.91 Å². The number of nitrogens with zero attached hydrogens (tertiary/aromatic N) is 2. The lowest BCUT2D eigenvalue weighted by atomic mass is 10.1. The van der Waals surface area contributed by atoms with E-state index in [9.17, 15) is 4.79 Å². The summed E-state index contributed by atoms with van der Waals surface area (Å²) in [5, 5.41) is 2.38. The maximum Gasteiger partial charge on any atom is 0.253 e. The number of benzene rings is 2. The topological polar surface area (TPSA) is 25.2 Å². The highest BCUT2D eigenvalue weighted by molar-refractivity contribution is 6.10. The molecule has 0 aliphatic carbocycles. The van der Waals surface area contributed by atoms with E-state index in [-0.39, 0.29) is 5.91 Å². The third-order valence-corrected chi connectivity index (χ3v) is 4.39. The zero-order valence-corrected chi connectivity index (χ0v) is 13.5. The summed E-state index contributed by atoms with van der Waals surface area (Å²) in [6.45, 7) is 8.59. The molecule has 0 saturated heterocycles. The summed E-state index contributed by atoms with van der Waals surface area (Å²) in [6.07, 6.45) is 0. The molecular weight excluding hydrogens is 272 g/mol. The summed E-state index contributed by atoms with van der Waals surface area (Å²) >= 11 is 0. The highest BCUT2D eigenvalue weighted by Crippen LogP contribution is 2.29. The molecular formula is C19H22N2O. The van der Waals surface area contributed by atoms with E-state index in [1.54, 1.807) is 0 Å². The lowest BCUT2D eigenvalue weighted by Crippen LogP contribution is -2.30. The van der Waals surface area contributed by atoms with Gasteiger partial charge >= 0.3 is 0 Å². The highest BCUT2D eigenvalue weighted by atomic mass is 16.2. The van der Waals surface area contributed by atoms with Crippen LogP contribution in [0.2, 0.25) is 0 Å². The first-order valence-corrected chi connectivity index (χ1v) is 8.01. The van der Waals surface area contributed by atoms with Gasteiger partial charge < -0.3 is 9.47 Å². The van der Waals surface area contributed by atoms with Gasteiger partial charge in [0.15, 0.2) is 0 Å². The van der Waals surface area contributed by atoms with E-state index < -0.39 is 0 Å². The fourth-order valence-electron chi connectivity index (χ4n) is 3.22. The zero-order chi connectivity index (χ0) is 15.7. The molecule has 3 aromatic rings. The number of para-hydroxylation sites is 1. The summed E-state index contributed by atoms with van der Waals surface area (Å²) in [7, 11) is 0. The van der Waals surface area contributed by atoms with Gasteiger partial charge in [-0.3, -0.25) is 4.79 Å². The van der Waals surface area contributed by atoms with E-state index in [1.165, 1.54) is 16.4 Å². The molecule has 0 N–H and O–H groups in total. The molecule has 2 aromatic carbocycles. The number of rotatable bonds is 4. The Bertz CT molecular complexity index is 828. The molecule has 0 aliphatic rings. The zero-order valence-electron chi connectivity index (χ0n) is 13.5. The van der Waals surface area contributed by atoms with Crippen LogP contribution in [0.15, 0.2) is 42.5 Å². The largest absolute Gasteiger partial charge is 0.341 e. The third-order valence-electron chi connectivity index (χ3n) is 4.39. The quantitative estimate of drug-likeness (QED) is 0.704. The summed E-state index contributed by atoms with van der Waals surface area (Å²) in [6, 6.07) is 14.5. The molecule has 1 aromatic heterocycles. The van der Waals surface area contributed by atoms with Crippen molar-refractivity contribution in [1.82, 2.24) is 9.47 Å². The van der Waals surface area contributed by atoms with E-state index in [4.69, 9.17) is 0 Å². The first kappa shape index (κ1) is 14.6. The molecule has 3 heteroatoms. The molecule has 0 radical (unpaired) electrons. The molecule has 3 rings (SSSR count). The number of carbonyl (C=O) groups is 1. The first-order chi connectivity index (χ1) is 10.7. The minimum Gasteiger partial charge on any atom is -0.341 e. The Balaban J connectivity index is 2.22. The minimum atomic E-state index is 0.111. The average Bonchev–Trinajstić information content (AvgIpc) is 2.88. The van der Waals surface area contributed by atoms with Crippen LogP contribution >= 0.6 is 0 Å². The standard InChI is InChI=1S/C19H22N2O/c1-4-20(5-2)19(22)14-11-12-18-16(13-14)15-9-7-8-10-17(15)21(18)6-3/h7-13H,4-6H2,1-3H3. The first-order valence-electron chi connectivity index (χ1n) is 8.01. The van der Waals surface area contributed by atoms with Crippen LogP contribution in [0.4, 0.5) is 0 Å². The van der Waals surface area contributed by atoms with Crippen LogP contribution in [-0.4, -0.2) is 28.5 Å². The van der Waals surface area contributed by atoms with Gasteiger partial charge in [-0.1, -0.05) is 18.2 Å². The summed E-state index contributed by atoms with van der Waals surface area (Å²) in [5.74, 6) is 0.111. The van der Waals surface area contributed by atoms with Crippen LogP contribution in [0, 0.1) is 0 Å². The minimum absolute atomic E-state index is 0.111. The Morgan fingerprint density at radius 1 is 0.955 bits per heavy atom. The van der Waals surface area contributed by atoms with Crippen molar-refractivity contribution in [2.75, 3.05) is 13.1 Å². The summed E-state index contributed by atoms with van der Waals surface area (Å²) in [5.41, 5.74) is 3.20. The molecule has 1 amide bonds. The van der Waals surface area contributed by atoms with E-state index in [0.717, 1.165) is 30.6 Å². The Labute approximate surface area is 131 Å². The Morgan fingerprint density at radius 3 is 2.32 bits per heavy atom. The highest BCUT2D eigenvalue weighted by Gasteiger charge is 2.15. The van der Waals surface area contributed by atoms with E-state index in [1.807, 2.05) is 30.9 Å². The van der Waals surface area contributed by atoms with Gasteiger partial charge in [-0.2, -0.15) is 0 Å². The van der Waals surface area contributed by atoms with Crippen LogP contribution in [0.3, 0.4) is 0 Å². The molecule has 22 heavy (non-hydrogen) atoms. The maximum atomic E-state index is 12.6. The van der Waals surface area contributed by atoms with Gasteiger partial charge in [0, 0.05) is 47.0 Å². The van der Waals surface area contributed by atoms with Gasteiger partial charge in [-0.15, -0.1) is 0 Å². The molecule has 0 fully saturated rings. The number of carbonyl (C=O) groups excluding carboxylic acids is 1. The van der Waals surface area contributed by atoms with E-state index >= 15 is 0 Å². The van der Waals surface area contributed by atoms with Gasteiger partial charge in [0.05, 0.1) is 0 Å². The molecule has 0 aliphatic heterocycles. The van der Waals surface area contributed by atoms with Crippen LogP contribution in [-0.2, 0) is 6.54 Å². The van der Waals surface area contributed by atoms with Crippen molar-refractivity contribution in [3.63, 3.8) is 0 Å². The number of hydrogen-bond donors (Lipinski definition) is 0. The predicted molar refractivity (Wildman–Crippen MR) is 92.4 cm³/mol. The lowest BCUT2D eigenvalue weighted by molar-refractivity contribution is 0.0773. The Morgan fingerprint density at radius 2 is 1.64 bits per heavy atom. The van der Waals surface area contributed by atoms with Gasteiger partial charge in [-0.05, 0) is 45.0 Å². The predicted octanol–water partition coefficient (Wildman–Crippen LogP) is 4.30. The summed E-state index contributed by atoms with van der Waals surface area (Å²) in [4.78, 5) is 14.4. The second kappa shape index (κ2) is 5.84. The monoisotopic (exact) mass is 294 g/mol. The molecule has 0 atom stereocenters. The molecule has 3 nitrogen and oxygen atoms in total. The van der Waals surface area contributed by atoms with Crippen LogP contribution in [0.5, 0.6) is 0 Å². The van der Waals surface area contributed by atoms with E-state index in [0.29, 0.717) is 0 Å². The van der Waals surface area contributed by atoms with Crippen molar-refractivity contribution in [3.05, 3.63) is 48.0 Å². The molecule has 1 heterocycles. The normalized spacial score (nSPS) is 11.2. The number of aromatic nitrogens is 1. The lowest BCUT2D eigenvalue weighted by Gasteiger charge is -2.18. The molecule has 0 saturated carbocycles. The van der Waals surface area contributed by atoms with E-state index in [2.05, 4.69) is 41.8 Å². The number of aryl methyl sites for hydroxylation is 1. The van der Waals surface area contributed by atoms with Crippen molar-refractivity contribution < 1.29 is 4.79 Å². The van der Waals surface area contributed by atoms with Crippen molar-refractivity contribution in [3.8, 4) is 0 Å². The number of fused-ring (bicyclic) bond motifs is 3. The second-order valence-corrected chi connectivity index (χ2v) is 5.47. The fourth-order valence-corrected chi connectivity index (χ4v) is 3.22. The van der Waals surface area contributed by atoms with Crippen molar-refractivity contribution in [1.29, 1.82) is 0 Å². The smallest absolute Gasteiger partial charge is 0.253 e. The van der Waals surface area contributed by atoms with Gasteiger partial charge in [0.1, 0.15) is 0 Å². The SMILES string of the molecule is CCN(CC)C(=O)c1ccc2c(c1)c1ccccc1n2CC. The van der Waals surface area contributed by atoms with Crippen LogP contribution in [0.1, 0.15) is 31.1 Å². The molecule has 114 valence electrons. The third kappa shape index (κ3) is 2.17. The van der Waals surface area contributed by atoms with Crippen LogP contribution < -0.4 is 0 Å². The Hall–Kier alpha value is -2.29. The average molecular weight is 294 g/mol. The van der Waals surface area contributed by atoms with Crippen molar-refractivity contribution in [2.45, 2.75) is 27.3 Å². The van der Waals surface area contributed by atoms with Crippen molar-refractivity contribution in [2.24, 2.45) is 0 Å². The van der Waals surface area contributed by atoms with Gasteiger partial charge in [-0.25, -0.2) is 0 Å². The molecule has 0 spiro atoms. The second-order valence-electron chi connectivity index (χ2n) is 5.47. The Kier molecular flexibility index (Phi) is 3.88. The van der Waals surface area contributed by atoms with Gasteiger partial charge in [0.2, 0.25) is 0 Å².